The van der Waals surface area contributed by atoms with E-state index in [4.69, 9.17) is 16.3 Å². The highest BCUT2D eigenvalue weighted by Gasteiger charge is 2.55. The second-order valence-corrected chi connectivity index (χ2v) is 6.41. The number of nitrogens with zero attached hydrogens (tertiary/aromatic N) is 4. The molecule has 0 N–H and O–H groups in total. The molecule has 2 aromatic carbocycles. The highest BCUT2D eigenvalue weighted by Crippen LogP contribution is 2.35. The Labute approximate surface area is 154 Å². The van der Waals surface area contributed by atoms with Crippen molar-refractivity contribution >= 4 is 29.1 Å². The molecule has 8 heteroatoms. The number of rotatable bonds is 4. The largest absolute Gasteiger partial charge is 0.497 e. The normalized spacial score (nSPS) is 21.5. The Morgan fingerprint density at radius 2 is 1.92 bits per heavy atom. The van der Waals surface area contributed by atoms with E-state index in [-0.39, 0.29) is 5.91 Å². The lowest BCUT2D eigenvalue weighted by Gasteiger charge is -2.21. The third kappa shape index (κ3) is 2.61. The smallest absolute Gasteiger partial charge is 0.263 e. The Hall–Kier alpha value is -2.93. The molecule has 0 spiro atoms. The molecule has 7 nitrogen and oxygen atoms in total. The predicted molar refractivity (Wildman–Crippen MR) is 94.9 cm³/mol. The molecule has 2 heterocycles. The van der Waals surface area contributed by atoms with Crippen LogP contribution in [0.25, 0.3) is 0 Å². The van der Waals surface area contributed by atoms with E-state index in [1.165, 1.54) is 5.01 Å². The van der Waals surface area contributed by atoms with Gasteiger partial charge in [0.2, 0.25) is 0 Å². The summed E-state index contributed by atoms with van der Waals surface area (Å²) >= 11 is 6.16. The van der Waals surface area contributed by atoms with Crippen LogP contribution in [0.3, 0.4) is 0 Å². The number of para-hydroxylation sites is 1. The molecule has 2 atom stereocenters. The van der Waals surface area contributed by atoms with Gasteiger partial charge in [0.15, 0.2) is 12.1 Å². The van der Waals surface area contributed by atoms with E-state index in [2.05, 4.69) is 10.3 Å². The van der Waals surface area contributed by atoms with E-state index in [1.807, 2.05) is 24.3 Å². The molecular weight excluding hydrogens is 356 g/mol. The van der Waals surface area contributed by atoms with Gasteiger partial charge in [0.25, 0.3) is 11.8 Å². The SMILES string of the molecule is COc1cccc(CN2N=N[C@@H]3C(=O)N(c4ccccc4Cl)C(=O)[C@@H]32)c1. The maximum absolute atomic E-state index is 12.9. The summed E-state index contributed by atoms with van der Waals surface area (Å²) in [5.41, 5.74) is 1.27. The summed E-state index contributed by atoms with van der Waals surface area (Å²) in [5, 5.41) is 9.93. The number of hydrogen-bond donors (Lipinski definition) is 0. The number of ether oxygens (including phenoxy) is 1. The zero-order valence-electron chi connectivity index (χ0n) is 13.9. The molecular formula is C18H15ClN4O3. The van der Waals surface area contributed by atoms with Crippen molar-refractivity contribution in [2.45, 2.75) is 18.6 Å². The van der Waals surface area contributed by atoms with Gasteiger partial charge in [-0.1, -0.05) is 41.1 Å². The maximum atomic E-state index is 12.9. The number of halogens is 1. The Bertz CT molecular complexity index is 917. The second-order valence-electron chi connectivity index (χ2n) is 6.01. The quantitative estimate of drug-likeness (QED) is 0.775. The molecule has 1 fully saturated rings. The van der Waals surface area contributed by atoms with Crippen LogP contribution in [-0.2, 0) is 16.1 Å². The summed E-state index contributed by atoms with van der Waals surface area (Å²) < 4.78 is 5.22. The van der Waals surface area contributed by atoms with Gasteiger partial charge in [0.1, 0.15) is 5.75 Å². The first-order valence-electron chi connectivity index (χ1n) is 8.03. The zero-order chi connectivity index (χ0) is 18.3. The molecule has 0 aromatic heterocycles. The van der Waals surface area contributed by atoms with Gasteiger partial charge in [0.05, 0.1) is 24.4 Å². The third-order valence-electron chi connectivity index (χ3n) is 4.43. The molecule has 2 aliphatic rings. The van der Waals surface area contributed by atoms with Crippen molar-refractivity contribution in [3.8, 4) is 5.75 Å². The molecule has 0 saturated carbocycles. The molecule has 0 bridgehead atoms. The number of imide groups is 1. The Morgan fingerprint density at radius 1 is 1.12 bits per heavy atom. The summed E-state index contributed by atoms with van der Waals surface area (Å²) in [4.78, 5) is 26.7. The first-order chi connectivity index (χ1) is 12.6. The molecule has 2 aromatic rings. The Morgan fingerprint density at radius 3 is 2.69 bits per heavy atom. The number of carbonyl (C=O) groups excluding carboxylic acids is 2. The summed E-state index contributed by atoms with van der Waals surface area (Å²) in [6.07, 6.45) is 0. The molecule has 26 heavy (non-hydrogen) atoms. The van der Waals surface area contributed by atoms with Crippen LogP contribution in [0.2, 0.25) is 5.02 Å². The summed E-state index contributed by atoms with van der Waals surface area (Å²) in [6, 6.07) is 12.6. The number of amides is 2. The minimum Gasteiger partial charge on any atom is -0.497 e. The fraction of sp³-hybridized carbons (Fsp3) is 0.222. The minimum absolute atomic E-state index is 0.338. The fourth-order valence-electron chi connectivity index (χ4n) is 3.18. The van der Waals surface area contributed by atoms with Crippen LogP contribution in [-0.4, -0.2) is 36.0 Å². The van der Waals surface area contributed by atoms with Gasteiger partial charge in [-0.2, -0.15) is 5.11 Å². The number of fused-ring (bicyclic) bond motifs is 1. The molecule has 0 unspecified atom stereocenters. The third-order valence-corrected chi connectivity index (χ3v) is 4.75. The average molecular weight is 371 g/mol. The predicted octanol–water partition coefficient (Wildman–Crippen LogP) is 2.84. The minimum atomic E-state index is -0.843. The van der Waals surface area contributed by atoms with Crippen LogP contribution in [0.15, 0.2) is 58.9 Å². The van der Waals surface area contributed by atoms with E-state index in [1.54, 1.807) is 31.4 Å². The summed E-state index contributed by atoms with van der Waals surface area (Å²) in [7, 11) is 1.59. The van der Waals surface area contributed by atoms with Gasteiger partial charge >= 0.3 is 0 Å². The van der Waals surface area contributed by atoms with Crippen LogP contribution in [0.4, 0.5) is 5.69 Å². The van der Waals surface area contributed by atoms with Crippen LogP contribution < -0.4 is 9.64 Å². The van der Waals surface area contributed by atoms with Crippen molar-refractivity contribution in [3.63, 3.8) is 0 Å². The van der Waals surface area contributed by atoms with Gasteiger partial charge in [0, 0.05) is 0 Å². The standard InChI is InChI=1S/C18H15ClN4O3/c1-26-12-6-4-5-11(9-12)10-22-16-15(20-21-22)17(24)23(18(16)25)14-8-3-2-7-13(14)19/h2-9,15-16H,10H2,1H3/t15-,16+/m0/s1. The van der Waals surface area contributed by atoms with Crippen molar-refractivity contribution in [3.05, 3.63) is 59.1 Å². The highest BCUT2D eigenvalue weighted by atomic mass is 35.5. The maximum Gasteiger partial charge on any atom is 0.263 e. The highest BCUT2D eigenvalue weighted by molar-refractivity contribution is 6.36. The van der Waals surface area contributed by atoms with Gasteiger partial charge in [-0.3, -0.25) is 14.6 Å². The van der Waals surface area contributed by atoms with Gasteiger partial charge in [-0.25, -0.2) is 4.90 Å². The average Bonchev–Trinajstić information content (AvgIpc) is 3.16. The van der Waals surface area contributed by atoms with Crippen LogP contribution in [0.5, 0.6) is 5.75 Å². The Balaban J connectivity index is 1.61. The molecule has 0 aliphatic carbocycles. The van der Waals surface area contributed by atoms with Crippen molar-refractivity contribution in [1.82, 2.24) is 5.01 Å². The molecule has 132 valence electrons. The summed E-state index contributed by atoms with van der Waals surface area (Å²) in [5.74, 6) is -0.0762. The first kappa shape index (κ1) is 16.5. The molecule has 4 rings (SSSR count). The van der Waals surface area contributed by atoms with Crippen molar-refractivity contribution in [2.75, 3.05) is 12.0 Å². The van der Waals surface area contributed by atoms with Crippen LogP contribution in [0.1, 0.15) is 5.56 Å². The number of methoxy groups -OCH3 is 1. The number of carbonyl (C=O) groups is 2. The monoisotopic (exact) mass is 370 g/mol. The van der Waals surface area contributed by atoms with Crippen LogP contribution >= 0.6 is 11.6 Å². The van der Waals surface area contributed by atoms with Gasteiger partial charge < -0.3 is 4.74 Å². The topological polar surface area (TPSA) is 74.6 Å². The van der Waals surface area contributed by atoms with E-state index in [0.717, 1.165) is 10.5 Å². The van der Waals surface area contributed by atoms with E-state index < -0.39 is 18.0 Å². The molecule has 0 radical (unpaired) electrons. The van der Waals surface area contributed by atoms with Gasteiger partial charge in [-0.15, -0.1) is 0 Å². The molecule has 2 amide bonds. The van der Waals surface area contributed by atoms with Crippen LogP contribution in [0, 0.1) is 0 Å². The van der Waals surface area contributed by atoms with Gasteiger partial charge in [-0.05, 0) is 29.8 Å². The lowest BCUT2D eigenvalue weighted by molar-refractivity contribution is -0.123. The van der Waals surface area contributed by atoms with E-state index in [0.29, 0.717) is 23.0 Å². The number of anilines is 1. The van der Waals surface area contributed by atoms with E-state index in [9.17, 15) is 9.59 Å². The van der Waals surface area contributed by atoms with E-state index >= 15 is 0 Å². The molecule has 1 saturated heterocycles. The first-order valence-corrected chi connectivity index (χ1v) is 8.40. The molecule has 2 aliphatic heterocycles. The van der Waals surface area contributed by atoms with Crippen molar-refractivity contribution in [2.24, 2.45) is 10.3 Å². The number of hydrogen-bond acceptors (Lipinski definition) is 6. The second kappa shape index (κ2) is 6.42. The fourth-order valence-corrected chi connectivity index (χ4v) is 3.40. The zero-order valence-corrected chi connectivity index (χ0v) is 14.6. The number of benzene rings is 2. The summed E-state index contributed by atoms with van der Waals surface area (Å²) in [6.45, 7) is 0.344. The van der Waals surface area contributed by atoms with Crippen molar-refractivity contribution < 1.29 is 14.3 Å². The van der Waals surface area contributed by atoms with Crippen molar-refractivity contribution in [1.29, 1.82) is 0 Å². The lowest BCUT2D eigenvalue weighted by atomic mass is 10.1. The lowest BCUT2D eigenvalue weighted by Crippen LogP contribution is -2.39. The Kier molecular flexibility index (Phi) is 4.08.